The standard InChI is InChI=1S/C23H21FN4O4/c1-3-21(31)20-9-17(19-8-15(30)4-5-28(19)20)23(32)26-18-7-13(12-29)6-16(22(18)24)14-10-25-27(2)11-14/h4-11,29,31H,3,12H2,1-2H3,(H,26,32). The number of aromatic nitrogens is 3. The zero-order valence-electron chi connectivity index (χ0n) is 17.5. The number of fused-ring (bicyclic) bond motifs is 1. The van der Waals surface area contributed by atoms with Crippen LogP contribution in [-0.4, -0.2) is 30.3 Å². The number of benzene rings is 1. The minimum atomic E-state index is -0.681. The Hall–Kier alpha value is -3.98. The first kappa shape index (κ1) is 21.3. The second-order valence-corrected chi connectivity index (χ2v) is 7.38. The molecular weight excluding hydrogens is 415 g/mol. The average molecular weight is 436 g/mol. The summed E-state index contributed by atoms with van der Waals surface area (Å²) in [7, 11) is 1.70. The molecule has 8 nitrogen and oxygen atoms in total. The van der Waals surface area contributed by atoms with Crippen LogP contribution in [-0.2, 0) is 13.7 Å². The maximum absolute atomic E-state index is 15.3. The zero-order chi connectivity index (χ0) is 23.0. The van der Waals surface area contributed by atoms with Gasteiger partial charge in [0.15, 0.2) is 11.2 Å². The van der Waals surface area contributed by atoms with Gasteiger partial charge in [-0.05, 0) is 23.8 Å². The van der Waals surface area contributed by atoms with E-state index in [2.05, 4.69) is 10.4 Å². The molecule has 0 atom stereocenters. The molecule has 0 fully saturated rings. The van der Waals surface area contributed by atoms with Gasteiger partial charge in [-0.2, -0.15) is 5.10 Å². The van der Waals surface area contributed by atoms with Gasteiger partial charge in [-0.1, -0.05) is 6.92 Å². The number of amides is 1. The van der Waals surface area contributed by atoms with Crippen LogP contribution in [0.5, 0.6) is 0 Å². The van der Waals surface area contributed by atoms with Crippen LogP contribution in [0.2, 0.25) is 0 Å². The Labute approximate surface area is 181 Å². The molecular formula is C23H21FN4O4. The van der Waals surface area contributed by atoms with Crippen molar-refractivity contribution >= 4 is 22.9 Å². The van der Waals surface area contributed by atoms with Crippen LogP contribution in [0.15, 0.2) is 53.7 Å². The molecule has 9 heteroatoms. The van der Waals surface area contributed by atoms with E-state index in [9.17, 15) is 19.8 Å². The fourth-order valence-corrected chi connectivity index (χ4v) is 3.59. The van der Waals surface area contributed by atoms with Crippen molar-refractivity contribution in [3.63, 3.8) is 0 Å². The Bertz CT molecular complexity index is 1450. The molecule has 0 spiro atoms. The SMILES string of the molecule is CCC(O)=c1cc(C(=O)Nc2cc(CO)cc(-c3cnn(C)c3)c2F)c2cc(=O)ccn12. The van der Waals surface area contributed by atoms with E-state index in [1.165, 1.54) is 51.8 Å². The molecule has 32 heavy (non-hydrogen) atoms. The van der Waals surface area contributed by atoms with E-state index < -0.39 is 11.7 Å². The van der Waals surface area contributed by atoms with Crippen LogP contribution in [0, 0.1) is 5.82 Å². The van der Waals surface area contributed by atoms with E-state index in [1.54, 1.807) is 20.2 Å². The molecule has 0 aliphatic rings. The summed E-state index contributed by atoms with van der Waals surface area (Å²) < 4.78 is 18.4. The third-order valence-electron chi connectivity index (χ3n) is 5.20. The Kier molecular flexibility index (Phi) is 5.50. The van der Waals surface area contributed by atoms with Gasteiger partial charge in [0.05, 0.1) is 34.9 Å². The molecule has 3 heterocycles. The van der Waals surface area contributed by atoms with E-state index in [-0.39, 0.29) is 40.1 Å². The van der Waals surface area contributed by atoms with Crippen LogP contribution >= 0.6 is 0 Å². The predicted molar refractivity (Wildman–Crippen MR) is 118 cm³/mol. The van der Waals surface area contributed by atoms with Crippen molar-refractivity contribution in [2.24, 2.45) is 7.05 Å². The molecule has 4 rings (SSSR count). The molecule has 4 aromatic rings. The lowest BCUT2D eigenvalue weighted by molar-refractivity contribution is 0.102. The third-order valence-corrected chi connectivity index (χ3v) is 5.20. The molecule has 0 bridgehead atoms. The van der Waals surface area contributed by atoms with Crippen LogP contribution in [0.4, 0.5) is 10.1 Å². The van der Waals surface area contributed by atoms with E-state index in [0.717, 1.165) is 0 Å². The highest BCUT2D eigenvalue weighted by Gasteiger charge is 2.19. The zero-order valence-corrected chi connectivity index (χ0v) is 17.5. The van der Waals surface area contributed by atoms with Gasteiger partial charge in [0.2, 0.25) is 0 Å². The summed E-state index contributed by atoms with van der Waals surface area (Å²) in [5.41, 5.74) is 1.04. The molecule has 1 amide bonds. The number of rotatable bonds is 5. The van der Waals surface area contributed by atoms with Gasteiger partial charge in [0.1, 0.15) is 5.76 Å². The molecule has 0 saturated carbocycles. The first-order valence-corrected chi connectivity index (χ1v) is 9.93. The lowest BCUT2D eigenvalue weighted by Crippen LogP contribution is -2.14. The normalized spacial score (nSPS) is 12.2. The van der Waals surface area contributed by atoms with Crippen molar-refractivity contribution < 1.29 is 19.4 Å². The number of hydrogen-bond donors (Lipinski definition) is 3. The summed E-state index contributed by atoms with van der Waals surface area (Å²) in [5, 5.41) is 26.8. The lowest BCUT2D eigenvalue weighted by Gasteiger charge is -2.11. The van der Waals surface area contributed by atoms with E-state index in [1.807, 2.05) is 0 Å². The molecule has 164 valence electrons. The van der Waals surface area contributed by atoms with E-state index >= 15 is 4.39 Å². The molecule has 0 unspecified atom stereocenters. The van der Waals surface area contributed by atoms with Gasteiger partial charge in [0, 0.05) is 49.1 Å². The highest BCUT2D eigenvalue weighted by atomic mass is 19.1. The maximum Gasteiger partial charge on any atom is 0.257 e. The number of carbonyl (C=O) groups excluding carboxylic acids is 1. The summed E-state index contributed by atoms with van der Waals surface area (Å²) in [5.74, 6) is -1.29. The van der Waals surface area contributed by atoms with Crippen molar-refractivity contribution in [2.45, 2.75) is 20.0 Å². The van der Waals surface area contributed by atoms with Gasteiger partial charge in [-0.15, -0.1) is 0 Å². The quantitative estimate of drug-likeness (QED) is 0.445. The molecule has 0 saturated heterocycles. The largest absolute Gasteiger partial charge is 0.510 e. The highest BCUT2D eigenvalue weighted by Crippen LogP contribution is 2.30. The number of nitrogens with zero attached hydrogens (tertiary/aromatic N) is 3. The highest BCUT2D eigenvalue weighted by molar-refractivity contribution is 6.09. The van der Waals surface area contributed by atoms with E-state index in [0.29, 0.717) is 22.9 Å². The summed E-state index contributed by atoms with van der Waals surface area (Å²) in [6.45, 7) is 1.40. The summed E-state index contributed by atoms with van der Waals surface area (Å²) in [6, 6.07) is 6.90. The number of halogens is 1. The second-order valence-electron chi connectivity index (χ2n) is 7.38. The molecule has 3 N–H and O–H groups in total. The molecule has 0 aliphatic heterocycles. The maximum atomic E-state index is 15.3. The fourth-order valence-electron chi connectivity index (χ4n) is 3.59. The number of aliphatic hydroxyl groups excluding tert-OH is 2. The Morgan fingerprint density at radius 1 is 1.25 bits per heavy atom. The Balaban J connectivity index is 1.83. The Morgan fingerprint density at radius 2 is 2.03 bits per heavy atom. The molecule has 1 aromatic carbocycles. The van der Waals surface area contributed by atoms with Crippen LogP contribution in [0.1, 0.15) is 29.3 Å². The Morgan fingerprint density at radius 3 is 2.69 bits per heavy atom. The van der Waals surface area contributed by atoms with Gasteiger partial charge in [-0.25, -0.2) is 4.39 Å². The number of pyridine rings is 1. The predicted octanol–water partition coefficient (Wildman–Crippen LogP) is 2.38. The van der Waals surface area contributed by atoms with Crippen molar-refractivity contribution in [1.29, 1.82) is 0 Å². The summed E-state index contributed by atoms with van der Waals surface area (Å²) >= 11 is 0. The minimum Gasteiger partial charge on any atom is -0.510 e. The number of hydrogen-bond acceptors (Lipinski definition) is 5. The van der Waals surface area contributed by atoms with E-state index in [4.69, 9.17) is 0 Å². The van der Waals surface area contributed by atoms with Gasteiger partial charge < -0.3 is 19.9 Å². The van der Waals surface area contributed by atoms with Gasteiger partial charge >= 0.3 is 0 Å². The number of anilines is 1. The number of aryl methyl sites for hydroxylation is 1. The summed E-state index contributed by atoms with van der Waals surface area (Å²) in [4.78, 5) is 25.0. The first-order valence-electron chi connectivity index (χ1n) is 9.93. The average Bonchev–Trinajstić information content (AvgIpc) is 3.38. The molecule has 3 aromatic heterocycles. The number of aliphatic hydroxyl groups is 2. The number of carbonyl (C=O) groups is 1. The van der Waals surface area contributed by atoms with Crippen LogP contribution in [0.3, 0.4) is 0 Å². The van der Waals surface area contributed by atoms with Crippen molar-refractivity contribution in [2.75, 3.05) is 5.32 Å². The van der Waals surface area contributed by atoms with Crippen molar-refractivity contribution in [1.82, 2.24) is 14.2 Å². The van der Waals surface area contributed by atoms with Crippen LogP contribution < -0.4 is 16.1 Å². The topological polar surface area (TPSA) is 109 Å². The van der Waals surface area contributed by atoms with Gasteiger partial charge in [-0.3, -0.25) is 14.3 Å². The fraction of sp³-hybridized carbons (Fsp3) is 0.174. The number of nitrogens with one attached hydrogen (secondary N) is 1. The van der Waals surface area contributed by atoms with Crippen LogP contribution in [0.25, 0.3) is 22.4 Å². The monoisotopic (exact) mass is 436 g/mol. The second kappa shape index (κ2) is 8.27. The third kappa shape index (κ3) is 3.74. The molecule has 0 radical (unpaired) electrons. The smallest absolute Gasteiger partial charge is 0.257 e. The summed E-state index contributed by atoms with van der Waals surface area (Å²) in [6.07, 6.45) is 4.91. The molecule has 0 aliphatic carbocycles. The van der Waals surface area contributed by atoms with Gasteiger partial charge in [0.25, 0.3) is 5.91 Å². The first-order chi connectivity index (χ1) is 15.3. The van der Waals surface area contributed by atoms with Crippen molar-refractivity contribution in [3.05, 3.63) is 81.4 Å². The minimum absolute atomic E-state index is 0.0463. The lowest BCUT2D eigenvalue weighted by atomic mass is 10.0. The van der Waals surface area contributed by atoms with Crippen molar-refractivity contribution in [3.8, 4) is 11.1 Å².